The third-order valence-electron chi connectivity index (χ3n) is 7.35. The van der Waals surface area contributed by atoms with Crippen molar-refractivity contribution < 1.29 is 4.92 Å². The van der Waals surface area contributed by atoms with Gasteiger partial charge in [0.1, 0.15) is 11.6 Å². The quantitative estimate of drug-likeness (QED) is 0.0743. The first kappa shape index (κ1) is 30.6. The van der Waals surface area contributed by atoms with Gasteiger partial charge in [-0.05, 0) is 59.4 Å². The number of anilines is 1. The third kappa shape index (κ3) is 9.68. The average molecular weight is 538 g/mol. The van der Waals surface area contributed by atoms with E-state index in [4.69, 9.17) is 0 Å². The Morgan fingerprint density at radius 1 is 0.725 bits per heavy atom. The highest BCUT2D eigenvalue weighted by atomic mass is 16.6. The maximum atomic E-state index is 11.1. The number of benzene rings is 3. The van der Waals surface area contributed by atoms with Crippen molar-refractivity contribution in [2.45, 2.75) is 78.1 Å². The monoisotopic (exact) mass is 537 g/mol. The Hall–Kier alpha value is -3.91. The second-order valence-corrected chi connectivity index (χ2v) is 10.5. The van der Waals surface area contributed by atoms with Crippen LogP contribution in [0.4, 0.5) is 11.4 Å². The maximum Gasteiger partial charge on any atom is 0.287 e. The zero-order valence-electron chi connectivity index (χ0n) is 24.1. The van der Waals surface area contributed by atoms with Crippen molar-refractivity contribution in [2.75, 3.05) is 18.0 Å². The Morgan fingerprint density at radius 2 is 1.23 bits per heavy atom. The fraction of sp³-hybridized carbons (Fsp3) is 0.400. The van der Waals surface area contributed by atoms with Crippen LogP contribution in [0.25, 0.3) is 23.3 Å². The molecule has 3 aromatic rings. The number of rotatable bonds is 17. The summed E-state index contributed by atoms with van der Waals surface area (Å²) in [6.45, 7) is 6.79. The van der Waals surface area contributed by atoms with Gasteiger partial charge in [-0.2, -0.15) is 5.26 Å². The third-order valence-corrected chi connectivity index (χ3v) is 7.35. The molecule has 3 rings (SSSR count). The van der Waals surface area contributed by atoms with Gasteiger partial charge in [0.15, 0.2) is 0 Å². The van der Waals surface area contributed by atoms with Crippen molar-refractivity contribution >= 4 is 23.5 Å². The number of nitro benzene ring substituents is 1. The van der Waals surface area contributed by atoms with Crippen molar-refractivity contribution in [2.24, 2.45) is 0 Å². The number of hydrogen-bond donors (Lipinski definition) is 0. The van der Waals surface area contributed by atoms with Crippen LogP contribution >= 0.6 is 0 Å². The van der Waals surface area contributed by atoms with Gasteiger partial charge >= 0.3 is 0 Å². The lowest BCUT2D eigenvalue weighted by Crippen LogP contribution is -2.25. The molecule has 5 heteroatoms. The average Bonchev–Trinajstić information content (AvgIpc) is 2.99. The van der Waals surface area contributed by atoms with E-state index in [0.29, 0.717) is 0 Å². The molecule has 0 aromatic heterocycles. The van der Waals surface area contributed by atoms with E-state index in [1.165, 1.54) is 81.5 Å². The first-order chi connectivity index (χ1) is 19.5. The number of nitriles is 1. The van der Waals surface area contributed by atoms with Gasteiger partial charge in [-0.15, -0.1) is 0 Å². The molecule has 3 aromatic carbocycles. The summed E-state index contributed by atoms with van der Waals surface area (Å²) >= 11 is 0. The highest BCUT2D eigenvalue weighted by molar-refractivity contribution is 5.74. The standard InChI is InChI=1S/C35H43N3O2/c1-3-5-7-9-11-25-37(26-12-10-8-6-4-2)34-22-20-32(21-23-34)31-18-15-29(16-19-31)13-14-30-17-24-35(38(39)40)33(27-30)28-36/h13-24,27H,3-12,25-26H2,1-2H3/b14-13+. The molecule has 0 amide bonds. The molecule has 0 aliphatic heterocycles. The normalized spacial score (nSPS) is 11.0. The molecule has 0 N–H and O–H groups in total. The molecule has 5 nitrogen and oxygen atoms in total. The molecular formula is C35H43N3O2. The van der Waals surface area contributed by atoms with Crippen LogP contribution in [-0.4, -0.2) is 18.0 Å². The minimum Gasteiger partial charge on any atom is -0.372 e. The second-order valence-electron chi connectivity index (χ2n) is 10.5. The fourth-order valence-electron chi connectivity index (χ4n) is 4.93. The molecule has 0 atom stereocenters. The molecule has 0 heterocycles. The molecular weight excluding hydrogens is 494 g/mol. The first-order valence-electron chi connectivity index (χ1n) is 14.9. The summed E-state index contributed by atoms with van der Waals surface area (Å²) in [6, 6.07) is 23.8. The summed E-state index contributed by atoms with van der Waals surface area (Å²) in [7, 11) is 0. The second kappa shape index (κ2) is 16.9. The number of nitro groups is 1. The molecule has 0 radical (unpaired) electrons. The van der Waals surface area contributed by atoms with Crippen LogP contribution in [0.5, 0.6) is 0 Å². The van der Waals surface area contributed by atoms with Crippen molar-refractivity contribution in [3.05, 3.63) is 93.5 Å². The first-order valence-corrected chi connectivity index (χ1v) is 14.9. The van der Waals surface area contributed by atoms with Gasteiger partial charge in [0.05, 0.1) is 4.92 Å². The topological polar surface area (TPSA) is 70.2 Å². The van der Waals surface area contributed by atoms with E-state index in [1.807, 2.05) is 18.2 Å². The fourth-order valence-corrected chi connectivity index (χ4v) is 4.93. The molecule has 0 aliphatic rings. The lowest BCUT2D eigenvalue weighted by molar-refractivity contribution is -0.385. The van der Waals surface area contributed by atoms with E-state index in [0.717, 1.165) is 29.8 Å². The van der Waals surface area contributed by atoms with Gasteiger partial charge in [0.2, 0.25) is 0 Å². The Balaban J connectivity index is 1.64. The Kier molecular flexibility index (Phi) is 13.0. The number of hydrogen-bond acceptors (Lipinski definition) is 4. The van der Waals surface area contributed by atoms with Crippen molar-refractivity contribution in [1.82, 2.24) is 0 Å². The summed E-state index contributed by atoms with van der Waals surface area (Å²) in [5.74, 6) is 0. The van der Waals surface area contributed by atoms with Crippen molar-refractivity contribution in [3.8, 4) is 17.2 Å². The van der Waals surface area contributed by atoms with E-state index >= 15 is 0 Å². The Morgan fingerprint density at radius 3 is 1.75 bits per heavy atom. The molecule has 0 unspecified atom stereocenters. The van der Waals surface area contributed by atoms with Crippen LogP contribution in [-0.2, 0) is 0 Å². The van der Waals surface area contributed by atoms with Crippen LogP contribution in [0.3, 0.4) is 0 Å². The maximum absolute atomic E-state index is 11.1. The lowest BCUT2D eigenvalue weighted by atomic mass is 10.0. The predicted octanol–water partition coefficient (Wildman–Crippen LogP) is 10.1. The van der Waals surface area contributed by atoms with Crippen molar-refractivity contribution in [1.29, 1.82) is 5.26 Å². The minimum atomic E-state index is -0.530. The van der Waals surface area contributed by atoms with Crippen LogP contribution in [0.1, 0.15) is 94.7 Å². The van der Waals surface area contributed by atoms with E-state index in [1.54, 1.807) is 12.1 Å². The van der Waals surface area contributed by atoms with Crippen LogP contribution in [0, 0.1) is 21.4 Å². The Labute approximate surface area is 240 Å². The summed E-state index contributed by atoms with van der Waals surface area (Å²) < 4.78 is 0. The van der Waals surface area contributed by atoms with Gasteiger partial charge < -0.3 is 4.90 Å². The van der Waals surface area contributed by atoms with Gasteiger partial charge in [-0.25, -0.2) is 0 Å². The van der Waals surface area contributed by atoms with E-state index < -0.39 is 4.92 Å². The molecule has 0 aliphatic carbocycles. The zero-order valence-corrected chi connectivity index (χ0v) is 24.1. The molecule has 0 saturated heterocycles. The van der Waals surface area contributed by atoms with Crippen molar-refractivity contribution in [3.63, 3.8) is 0 Å². The van der Waals surface area contributed by atoms with Crippen LogP contribution in [0.2, 0.25) is 0 Å². The zero-order chi connectivity index (χ0) is 28.6. The van der Waals surface area contributed by atoms with Gasteiger partial charge in [0.25, 0.3) is 5.69 Å². The van der Waals surface area contributed by atoms with E-state index in [9.17, 15) is 15.4 Å². The number of nitrogens with zero attached hydrogens (tertiary/aromatic N) is 3. The molecule has 0 fully saturated rings. The lowest BCUT2D eigenvalue weighted by Gasteiger charge is -2.25. The highest BCUT2D eigenvalue weighted by Gasteiger charge is 2.13. The minimum absolute atomic E-state index is 0.0671. The van der Waals surface area contributed by atoms with E-state index in [2.05, 4.69) is 67.3 Å². The molecule has 0 spiro atoms. The predicted molar refractivity (Wildman–Crippen MR) is 168 cm³/mol. The smallest absolute Gasteiger partial charge is 0.287 e. The molecule has 0 bridgehead atoms. The van der Waals surface area contributed by atoms with Crippen LogP contribution < -0.4 is 4.90 Å². The largest absolute Gasteiger partial charge is 0.372 e. The van der Waals surface area contributed by atoms with Crippen LogP contribution in [0.15, 0.2) is 66.7 Å². The van der Waals surface area contributed by atoms with Gasteiger partial charge in [-0.1, -0.05) is 114 Å². The summed E-state index contributed by atoms with van der Waals surface area (Å²) in [4.78, 5) is 13.1. The summed E-state index contributed by atoms with van der Waals surface area (Å²) in [5, 5.41) is 20.3. The summed E-state index contributed by atoms with van der Waals surface area (Å²) in [6.07, 6.45) is 16.8. The highest BCUT2D eigenvalue weighted by Crippen LogP contribution is 2.26. The SMILES string of the molecule is CCCCCCCN(CCCCCCC)c1ccc(-c2ccc(/C=C/c3ccc([N+](=O)[O-])c(C#N)c3)cc2)cc1. The molecule has 0 saturated carbocycles. The van der Waals surface area contributed by atoms with E-state index in [-0.39, 0.29) is 11.3 Å². The molecule has 210 valence electrons. The Bertz CT molecular complexity index is 1240. The van der Waals surface area contributed by atoms with Gasteiger partial charge in [0, 0.05) is 24.8 Å². The number of unbranched alkanes of at least 4 members (excludes halogenated alkanes) is 8. The van der Waals surface area contributed by atoms with Gasteiger partial charge in [-0.3, -0.25) is 10.1 Å². The summed E-state index contributed by atoms with van der Waals surface area (Å²) in [5.41, 5.74) is 5.34. The molecule has 40 heavy (non-hydrogen) atoms.